The minimum atomic E-state index is -0.194. The Balaban J connectivity index is 2.34. The Kier molecular flexibility index (Phi) is 3.71. The van der Waals surface area contributed by atoms with Crippen LogP contribution in [-0.2, 0) is 10.2 Å². The third kappa shape index (κ3) is 2.15. The monoisotopic (exact) mass is 246 g/mol. The summed E-state index contributed by atoms with van der Waals surface area (Å²) in [4.78, 5) is 14.1. The number of rotatable bonds is 6. The summed E-state index contributed by atoms with van der Waals surface area (Å²) in [5.74, 6) is -0.194. The first kappa shape index (κ1) is 13.1. The standard InChI is InChI=1S/C15H22N2O/c1-3-17(4-2)13(14(16)18)15(10-11-15)12-8-6-5-7-9-12/h5-9,13H,3-4,10-11H2,1-2H3,(H2,16,18). The van der Waals surface area contributed by atoms with Crippen LogP contribution in [0.5, 0.6) is 0 Å². The fourth-order valence-electron chi connectivity index (χ4n) is 3.02. The van der Waals surface area contributed by atoms with Gasteiger partial charge in [-0.3, -0.25) is 9.69 Å². The van der Waals surface area contributed by atoms with Crippen LogP contribution < -0.4 is 5.73 Å². The highest BCUT2D eigenvalue weighted by Crippen LogP contribution is 2.52. The molecule has 3 nitrogen and oxygen atoms in total. The Bertz CT molecular complexity index is 408. The maximum absolute atomic E-state index is 11.9. The van der Waals surface area contributed by atoms with Crippen molar-refractivity contribution >= 4 is 5.91 Å². The lowest BCUT2D eigenvalue weighted by atomic mass is 9.86. The number of nitrogens with two attached hydrogens (primary N) is 1. The van der Waals surface area contributed by atoms with E-state index in [1.54, 1.807) is 0 Å². The van der Waals surface area contributed by atoms with Crippen molar-refractivity contribution in [3.8, 4) is 0 Å². The number of primary amides is 1. The van der Waals surface area contributed by atoms with Gasteiger partial charge in [0.1, 0.15) is 0 Å². The zero-order valence-electron chi connectivity index (χ0n) is 11.2. The Hall–Kier alpha value is -1.35. The van der Waals surface area contributed by atoms with Crippen LogP contribution in [0.25, 0.3) is 0 Å². The Labute approximate surface area is 109 Å². The molecule has 2 rings (SSSR count). The first-order valence-electron chi connectivity index (χ1n) is 6.74. The smallest absolute Gasteiger partial charge is 0.235 e. The van der Waals surface area contributed by atoms with Crippen molar-refractivity contribution in [2.24, 2.45) is 5.73 Å². The second kappa shape index (κ2) is 5.11. The number of amides is 1. The van der Waals surface area contributed by atoms with Crippen molar-refractivity contribution < 1.29 is 4.79 Å². The fourth-order valence-corrected chi connectivity index (χ4v) is 3.02. The second-order valence-corrected chi connectivity index (χ2v) is 5.05. The normalized spacial score (nSPS) is 18.6. The van der Waals surface area contributed by atoms with E-state index >= 15 is 0 Å². The maximum atomic E-state index is 11.9. The number of hydrogen-bond acceptors (Lipinski definition) is 2. The molecule has 1 aromatic rings. The van der Waals surface area contributed by atoms with Gasteiger partial charge >= 0.3 is 0 Å². The molecule has 3 heteroatoms. The highest BCUT2D eigenvalue weighted by Gasteiger charge is 2.54. The van der Waals surface area contributed by atoms with Crippen LogP contribution in [0.15, 0.2) is 30.3 Å². The first-order valence-corrected chi connectivity index (χ1v) is 6.74. The molecule has 0 aromatic heterocycles. The van der Waals surface area contributed by atoms with Crippen LogP contribution in [0, 0.1) is 0 Å². The molecule has 0 radical (unpaired) electrons. The van der Waals surface area contributed by atoms with Gasteiger partial charge in [0.2, 0.25) is 5.91 Å². The lowest BCUT2D eigenvalue weighted by Gasteiger charge is -2.34. The summed E-state index contributed by atoms with van der Waals surface area (Å²) in [5, 5.41) is 0. The van der Waals surface area contributed by atoms with E-state index in [1.807, 2.05) is 18.2 Å². The van der Waals surface area contributed by atoms with Crippen molar-refractivity contribution in [2.75, 3.05) is 13.1 Å². The Morgan fingerprint density at radius 3 is 2.22 bits per heavy atom. The van der Waals surface area contributed by atoms with E-state index in [0.29, 0.717) is 0 Å². The molecule has 1 fully saturated rings. The molecule has 0 saturated heterocycles. The molecule has 2 N–H and O–H groups in total. The molecule has 1 aromatic carbocycles. The lowest BCUT2D eigenvalue weighted by molar-refractivity contribution is -0.124. The predicted molar refractivity (Wildman–Crippen MR) is 73.3 cm³/mol. The predicted octanol–water partition coefficient (Wildman–Crippen LogP) is 1.91. The number of nitrogens with zero attached hydrogens (tertiary/aromatic N) is 1. The van der Waals surface area contributed by atoms with Crippen molar-refractivity contribution in [2.45, 2.75) is 38.1 Å². The molecule has 1 unspecified atom stereocenters. The molecule has 1 amide bonds. The van der Waals surface area contributed by atoms with Crippen LogP contribution >= 0.6 is 0 Å². The number of hydrogen-bond donors (Lipinski definition) is 1. The second-order valence-electron chi connectivity index (χ2n) is 5.05. The number of likely N-dealkylation sites (N-methyl/N-ethyl adjacent to an activating group) is 1. The average molecular weight is 246 g/mol. The zero-order chi connectivity index (χ0) is 13.2. The van der Waals surface area contributed by atoms with Crippen molar-refractivity contribution in [3.63, 3.8) is 0 Å². The van der Waals surface area contributed by atoms with Crippen LogP contribution in [-0.4, -0.2) is 29.9 Å². The molecule has 0 spiro atoms. The molecule has 18 heavy (non-hydrogen) atoms. The van der Waals surface area contributed by atoms with Crippen LogP contribution in [0.2, 0.25) is 0 Å². The summed E-state index contributed by atoms with van der Waals surface area (Å²) in [6.07, 6.45) is 2.11. The molecular formula is C15H22N2O. The molecule has 1 aliphatic carbocycles. The van der Waals surface area contributed by atoms with E-state index < -0.39 is 0 Å². The van der Waals surface area contributed by atoms with Gasteiger partial charge in [0.25, 0.3) is 0 Å². The van der Waals surface area contributed by atoms with E-state index in [0.717, 1.165) is 25.9 Å². The molecule has 0 heterocycles. The van der Waals surface area contributed by atoms with Crippen LogP contribution in [0.1, 0.15) is 32.3 Å². The molecule has 1 aliphatic rings. The van der Waals surface area contributed by atoms with Gasteiger partial charge in [-0.25, -0.2) is 0 Å². The Morgan fingerprint density at radius 2 is 1.83 bits per heavy atom. The van der Waals surface area contributed by atoms with Gasteiger partial charge in [-0.1, -0.05) is 44.2 Å². The van der Waals surface area contributed by atoms with Gasteiger partial charge in [0.15, 0.2) is 0 Å². The highest BCUT2D eigenvalue weighted by atomic mass is 16.1. The van der Waals surface area contributed by atoms with E-state index in [1.165, 1.54) is 5.56 Å². The van der Waals surface area contributed by atoms with Crippen molar-refractivity contribution in [3.05, 3.63) is 35.9 Å². The SMILES string of the molecule is CCN(CC)C(C(N)=O)C1(c2ccccc2)CC1. The van der Waals surface area contributed by atoms with Crippen molar-refractivity contribution in [1.29, 1.82) is 0 Å². The molecule has 0 bridgehead atoms. The fraction of sp³-hybridized carbons (Fsp3) is 0.533. The zero-order valence-corrected chi connectivity index (χ0v) is 11.2. The van der Waals surface area contributed by atoms with E-state index in [2.05, 4.69) is 30.9 Å². The van der Waals surface area contributed by atoms with Gasteiger partial charge in [0.05, 0.1) is 6.04 Å². The summed E-state index contributed by atoms with van der Waals surface area (Å²) < 4.78 is 0. The third-order valence-corrected chi connectivity index (χ3v) is 4.11. The molecular weight excluding hydrogens is 224 g/mol. The van der Waals surface area contributed by atoms with Crippen LogP contribution in [0.4, 0.5) is 0 Å². The molecule has 98 valence electrons. The van der Waals surface area contributed by atoms with Gasteiger partial charge < -0.3 is 5.73 Å². The lowest BCUT2D eigenvalue weighted by Crippen LogP contribution is -2.51. The van der Waals surface area contributed by atoms with E-state index in [-0.39, 0.29) is 17.4 Å². The summed E-state index contributed by atoms with van der Waals surface area (Å²) >= 11 is 0. The number of carbonyl (C=O) groups excluding carboxylic acids is 1. The molecule has 1 atom stereocenters. The molecule has 0 aliphatic heterocycles. The largest absolute Gasteiger partial charge is 0.368 e. The Morgan fingerprint density at radius 1 is 1.28 bits per heavy atom. The minimum Gasteiger partial charge on any atom is -0.368 e. The van der Waals surface area contributed by atoms with Crippen molar-refractivity contribution in [1.82, 2.24) is 4.90 Å². The third-order valence-electron chi connectivity index (χ3n) is 4.11. The first-order chi connectivity index (χ1) is 8.65. The van der Waals surface area contributed by atoms with Gasteiger partial charge in [-0.15, -0.1) is 0 Å². The minimum absolute atomic E-state index is 0.0425. The average Bonchev–Trinajstić information content (AvgIpc) is 3.17. The highest BCUT2D eigenvalue weighted by molar-refractivity contribution is 5.83. The van der Waals surface area contributed by atoms with Gasteiger partial charge in [-0.05, 0) is 31.5 Å². The van der Waals surface area contributed by atoms with Crippen LogP contribution in [0.3, 0.4) is 0 Å². The van der Waals surface area contributed by atoms with Gasteiger partial charge in [-0.2, -0.15) is 0 Å². The summed E-state index contributed by atoms with van der Waals surface area (Å²) in [6, 6.07) is 10.1. The maximum Gasteiger partial charge on any atom is 0.235 e. The molecule has 1 saturated carbocycles. The number of carbonyl (C=O) groups is 1. The summed E-state index contributed by atoms with van der Waals surface area (Å²) in [5.41, 5.74) is 6.88. The van der Waals surface area contributed by atoms with Gasteiger partial charge in [0, 0.05) is 5.41 Å². The topological polar surface area (TPSA) is 46.3 Å². The summed E-state index contributed by atoms with van der Waals surface area (Å²) in [6.45, 7) is 5.89. The van der Waals surface area contributed by atoms with E-state index in [9.17, 15) is 4.79 Å². The quantitative estimate of drug-likeness (QED) is 0.833. The summed E-state index contributed by atoms with van der Waals surface area (Å²) in [7, 11) is 0. The number of benzene rings is 1. The van der Waals surface area contributed by atoms with E-state index in [4.69, 9.17) is 5.73 Å².